The molecule has 0 aliphatic carbocycles. The molecule has 0 aromatic heterocycles. The number of anilines is 1. The SMILES string of the molecule is Cc1cccc(N2C(C)CCNCC2CO)c1C. The molecule has 0 saturated carbocycles. The van der Waals surface area contributed by atoms with Crippen LogP contribution in [-0.4, -0.2) is 36.9 Å². The zero-order valence-corrected chi connectivity index (χ0v) is 11.6. The van der Waals surface area contributed by atoms with Gasteiger partial charge in [-0.05, 0) is 50.9 Å². The summed E-state index contributed by atoms with van der Waals surface area (Å²) in [6.07, 6.45) is 1.11. The van der Waals surface area contributed by atoms with Gasteiger partial charge in [-0.3, -0.25) is 0 Å². The summed E-state index contributed by atoms with van der Waals surface area (Å²) in [7, 11) is 0. The lowest BCUT2D eigenvalue weighted by atomic mass is 10.0. The summed E-state index contributed by atoms with van der Waals surface area (Å²) >= 11 is 0. The first-order chi connectivity index (χ1) is 8.65. The second-order valence-electron chi connectivity index (χ2n) is 5.30. The third kappa shape index (κ3) is 2.52. The van der Waals surface area contributed by atoms with Gasteiger partial charge in [-0.2, -0.15) is 0 Å². The predicted octanol–water partition coefficient (Wildman–Crippen LogP) is 1.85. The topological polar surface area (TPSA) is 35.5 Å². The van der Waals surface area contributed by atoms with Gasteiger partial charge in [0.05, 0.1) is 12.6 Å². The van der Waals surface area contributed by atoms with Gasteiger partial charge < -0.3 is 15.3 Å². The maximum absolute atomic E-state index is 9.64. The normalized spacial score (nSPS) is 25.0. The number of hydrogen-bond acceptors (Lipinski definition) is 3. The summed E-state index contributed by atoms with van der Waals surface area (Å²) in [4.78, 5) is 2.39. The van der Waals surface area contributed by atoms with Crippen molar-refractivity contribution in [3.63, 3.8) is 0 Å². The molecular weight excluding hydrogens is 224 g/mol. The number of nitrogens with one attached hydrogen (secondary N) is 1. The maximum atomic E-state index is 9.64. The van der Waals surface area contributed by atoms with Crippen molar-refractivity contribution in [1.82, 2.24) is 5.32 Å². The van der Waals surface area contributed by atoms with Crippen molar-refractivity contribution in [2.75, 3.05) is 24.6 Å². The first-order valence-electron chi connectivity index (χ1n) is 6.81. The van der Waals surface area contributed by atoms with Gasteiger partial charge in [-0.1, -0.05) is 12.1 Å². The number of benzene rings is 1. The molecule has 0 radical (unpaired) electrons. The molecule has 2 rings (SSSR count). The van der Waals surface area contributed by atoms with E-state index in [2.05, 4.69) is 49.2 Å². The number of aliphatic hydroxyl groups excluding tert-OH is 1. The highest BCUT2D eigenvalue weighted by atomic mass is 16.3. The molecule has 3 nitrogen and oxygen atoms in total. The third-order valence-corrected chi connectivity index (χ3v) is 4.05. The molecule has 0 bridgehead atoms. The fourth-order valence-corrected chi connectivity index (χ4v) is 2.78. The van der Waals surface area contributed by atoms with Gasteiger partial charge in [0.1, 0.15) is 0 Å². The molecule has 2 atom stereocenters. The molecule has 100 valence electrons. The van der Waals surface area contributed by atoms with Gasteiger partial charge in [-0.25, -0.2) is 0 Å². The van der Waals surface area contributed by atoms with Crippen LogP contribution in [0.3, 0.4) is 0 Å². The van der Waals surface area contributed by atoms with Gasteiger partial charge in [0.15, 0.2) is 0 Å². The minimum Gasteiger partial charge on any atom is -0.394 e. The van der Waals surface area contributed by atoms with Gasteiger partial charge in [-0.15, -0.1) is 0 Å². The quantitative estimate of drug-likeness (QED) is 0.838. The second kappa shape index (κ2) is 5.72. The Morgan fingerprint density at radius 2 is 2.17 bits per heavy atom. The van der Waals surface area contributed by atoms with Gasteiger partial charge in [0.2, 0.25) is 0 Å². The van der Waals surface area contributed by atoms with Crippen molar-refractivity contribution in [3.8, 4) is 0 Å². The van der Waals surface area contributed by atoms with Crippen molar-refractivity contribution >= 4 is 5.69 Å². The molecule has 1 saturated heterocycles. The van der Waals surface area contributed by atoms with E-state index in [-0.39, 0.29) is 12.6 Å². The van der Waals surface area contributed by atoms with Gasteiger partial charge in [0, 0.05) is 18.3 Å². The van der Waals surface area contributed by atoms with E-state index in [0.717, 1.165) is 19.5 Å². The molecule has 1 aliphatic rings. The molecule has 0 amide bonds. The van der Waals surface area contributed by atoms with E-state index in [0.29, 0.717) is 6.04 Å². The average Bonchev–Trinajstić information content (AvgIpc) is 2.54. The minimum absolute atomic E-state index is 0.169. The van der Waals surface area contributed by atoms with Crippen LogP contribution in [0.15, 0.2) is 18.2 Å². The summed E-state index contributed by atoms with van der Waals surface area (Å²) in [6.45, 7) is 8.65. The fourth-order valence-electron chi connectivity index (χ4n) is 2.78. The molecule has 18 heavy (non-hydrogen) atoms. The summed E-state index contributed by atoms with van der Waals surface area (Å²) < 4.78 is 0. The second-order valence-corrected chi connectivity index (χ2v) is 5.30. The Hall–Kier alpha value is -1.06. The third-order valence-electron chi connectivity index (χ3n) is 4.05. The highest BCUT2D eigenvalue weighted by Gasteiger charge is 2.26. The lowest BCUT2D eigenvalue weighted by Gasteiger charge is -2.37. The summed E-state index contributed by atoms with van der Waals surface area (Å²) in [5.74, 6) is 0. The van der Waals surface area contributed by atoms with Crippen LogP contribution in [0.25, 0.3) is 0 Å². The standard InChI is InChI=1S/C15H24N2O/c1-11-5-4-6-15(13(11)3)17-12(2)7-8-16-9-14(17)10-18/h4-6,12,14,16,18H,7-10H2,1-3H3. The Kier molecular flexibility index (Phi) is 4.25. The summed E-state index contributed by atoms with van der Waals surface area (Å²) in [5.41, 5.74) is 3.91. The van der Waals surface area contributed by atoms with Crippen LogP contribution in [-0.2, 0) is 0 Å². The van der Waals surface area contributed by atoms with E-state index in [4.69, 9.17) is 0 Å². The number of hydrogen-bond donors (Lipinski definition) is 2. The maximum Gasteiger partial charge on any atom is 0.0648 e. The largest absolute Gasteiger partial charge is 0.394 e. The Bertz CT molecular complexity index is 405. The van der Waals surface area contributed by atoms with E-state index in [1.54, 1.807) is 0 Å². The first kappa shape index (κ1) is 13.4. The zero-order valence-electron chi connectivity index (χ0n) is 11.6. The van der Waals surface area contributed by atoms with E-state index >= 15 is 0 Å². The molecule has 0 spiro atoms. The van der Waals surface area contributed by atoms with Crippen LogP contribution in [0.1, 0.15) is 24.5 Å². The molecule has 1 fully saturated rings. The van der Waals surface area contributed by atoms with Crippen molar-refractivity contribution < 1.29 is 5.11 Å². The molecule has 1 heterocycles. The van der Waals surface area contributed by atoms with Crippen molar-refractivity contribution in [1.29, 1.82) is 0 Å². The average molecular weight is 248 g/mol. The van der Waals surface area contributed by atoms with E-state index in [1.807, 2.05) is 0 Å². The van der Waals surface area contributed by atoms with Crippen LogP contribution in [0.5, 0.6) is 0 Å². The summed E-state index contributed by atoms with van der Waals surface area (Å²) in [6, 6.07) is 7.05. The van der Waals surface area contributed by atoms with Crippen LogP contribution >= 0.6 is 0 Å². The molecule has 1 aromatic carbocycles. The Morgan fingerprint density at radius 3 is 2.89 bits per heavy atom. The lowest BCUT2D eigenvalue weighted by Crippen LogP contribution is -2.46. The zero-order chi connectivity index (χ0) is 13.1. The van der Waals surface area contributed by atoms with Crippen LogP contribution < -0.4 is 10.2 Å². The van der Waals surface area contributed by atoms with Crippen LogP contribution in [0, 0.1) is 13.8 Å². The first-order valence-corrected chi connectivity index (χ1v) is 6.81. The highest BCUT2D eigenvalue weighted by molar-refractivity contribution is 5.57. The molecule has 2 unspecified atom stereocenters. The van der Waals surface area contributed by atoms with Crippen molar-refractivity contribution in [3.05, 3.63) is 29.3 Å². The van der Waals surface area contributed by atoms with E-state index in [1.165, 1.54) is 16.8 Å². The molecular formula is C15H24N2O. The monoisotopic (exact) mass is 248 g/mol. The number of nitrogens with zero attached hydrogens (tertiary/aromatic N) is 1. The minimum atomic E-state index is 0.169. The van der Waals surface area contributed by atoms with Crippen LogP contribution in [0.4, 0.5) is 5.69 Å². The lowest BCUT2D eigenvalue weighted by molar-refractivity contribution is 0.255. The van der Waals surface area contributed by atoms with Gasteiger partial charge in [0.25, 0.3) is 0 Å². The molecule has 1 aliphatic heterocycles. The highest BCUT2D eigenvalue weighted by Crippen LogP contribution is 2.28. The smallest absolute Gasteiger partial charge is 0.0648 e. The Morgan fingerprint density at radius 1 is 1.39 bits per heavy atom. The molecule has 1 aromatic rings. The Labute approximate surface area is 110 Å². The fraction of sp³-hybridized carbons (Fsp3) is 0.600. The van der Waals surface area contributed by atoms with Crippen LogP contribution in [0.2, 0.25) is 0 Å². The van der Waals surface area contributed by atoms with Crippen molar-refractivity contribution in [2.24, 2.45) is 0 Å². The number of aryl methyl sites for hydroxylation is 1. The molecule has 2 N–H and O–H groups in total. The number of rotatable bonds is 2. The molecule has 3 heteroatoms. The Balaban J connectivity index is 2.39. The van der Waals surface area contributed by atoms with Gasteiger partial charge >= 0.3 is 0 Å². The predicted molar refractivity (Wildman–Crippen MR) is 76.2 cm³/mol. The van der Waals surface area contributed by atoms with E-state index < -0.39 is 0 Å². The van der Waals surface area contributed by atoms with Crippen molar-refractivity contribution in [2.45, 2.75) is 39.3 Å². The number of aliphatic hydroxyl groups is 1. The van der Waals surface area contributed by atoms with E-state index in [9.17, 15) is 5.11 Å². The summed E-state index contributed by atoms with van der Waals surface area (Å²) in [5, 5.41) is 13.1.